The second kappa shape index (κ2) is 11.4. The smallest absolute Gasteiger partial charge is 0.329 e. The topological polar surface area (TPSA) is 108 Å². The van der Waals surface area contributed by atoms with Crippen LogP contribution in [0.15, 0.2) is 0 Å². The van der Waals surface area contributed by atoms with Gasteiger partial charge < -0.3 is 20.5 Å². The Morgan fingerprint density at radius 1 is 1.19 bits per heavy atom. The zero-order chi connectivity index (χ0) is 20.5. The number of primary amides is 1. The predicted octanol–water partition coefficient (Wildman–Crippen LogP) is 1.73. The summed E-state index contributed by atoms with van der Waals surface area (Å²) in [6.45, 7) is 9.19. The number of nitrogens with two attached hydrogens (primary N) is 1. The van der Waals surface area contributed by atoms with Crippen LogP contribution < -0.4 is 11.1 Å². The van der Waals surface area contributed by atoms with Crippen molar-refractivity contribution < 1.29 is 23.9 Å². The third-order valence-electron chi connectivity index (χ3n) is 3.58. The van der Waals surface area contributed by atoms with E-state index in [1.165, 1.54) is 7.11 Å². The number of carbonyl (C=O) groups is 3. The number of ether oxygens (including phenoxy) is 2. The van der Waals surface area contributed by atoms with E-state index in [2.05, 4.69) is 5.32 Å². The van der Waals surface area contributed by atoms with Crippen molar-refractivity contribution >= 4 is 29.5 Å². The zero-order valence-electron chi connectivity index (χ0n) is 17.0. The fourth-order valence-electron chi connectivity index (χ4n) is 2.49. The van der Waals surface area contributed by atoms with Crippen LogP contribution in [0, 0.1) is 11.8 Å². The molecule has 0 saturated carbocycles. The predicted molar refractivity (Wildman–Crippen MR) is 104 cm³/mol. The molecule has 0 aliphatic carbocycles. The molecule has 0 aromatic carbocycles. The van der Waals surface area contributed by atoms with E-state index in [0.717, 1.165) is 0 Å². The Bertz CT molecular complexity index is 477. The Morgan fingerprint density at radius 3 is 2.15 bits per heavy atom. The molecule has 2 amide bonds. The lowest BCUT2D eigenvalue weighted by Crippen LogP contribution is -2.51. The molecule has 2 unspecified atom stereocenters. The molecule has 3 N–H and O–H groups in total. The van der Waals surface area contributed by atoms with Crippen LogP contribution in [-0.4, -0.2) is 54.6 Å². The monoisotopic (exact) mass is 390 g/mol. The highest BCUT2D eigenvalue weighted by Crippen LogP contribution is 2.19. The van der Waals surface area contributed by atoms with E-state index in [9.17, 15) is 14.4 Å². The summed E-state index contributed by atoms with van der Waals surface area (Å²) in [6, 6.07) is -0.783. The molecule has 0 bridgehead atoms. The minimum Gasteiger partial charge on any atom is -0.458 e. The average molecular weight is 391 g/mol. The SMILES string of the molecule is COC(C(N)=O)C(CC(C)C)C(=O)N[C@@H](CCSC)C(=O)OC(C)(C)C. The van der Waals surface area contributed by atoms with Gasteiger partial charge >= 0.3 is 5.97 Å². The van der Waals surface area contributed by atoms with Gasteiger partial charge in [0, 0.05) is 7.11 Å². The Morgan fingerprint density at radius 2 is 1.77 bits per heavy atom. The lowest BCUT2D eigenvalue weighted by Gasteiger charge is -2.28. The van der Waals surface area contributed by atoms with Crippen molar-refractivity contribution in [2.24, 2.45) is 17.6 Å². The number of amides is 2. The molecule has 0 spiro atoms. The standard InChI is InChI=1S/C18H34N2O5S/c1-11(2)10-12(14(24-6)15(19)21)16(22)20-13(8-9-26-7)17(23)25-18(3,4)5/h11-14H,8-10H2,1-7H3,(H2,19,21)(H,20,22)/t12?,13-,14?/m0/s1. The summed E-state index contributed by atoms with van der Waals surface area (Å²) in [5, 5.41) is 2.73. The van der Waals surface area contributed by atoms with E-state index in [-0.39, 0.29) is 5.92 Å². The molecule has 0 saturated heterocycles. The quantitative estimate of drug-likeness (QED) is 0.520. The maximum atomic E-state index is 12.8. The fourth-order valence-corrected chi connectivity index (χ4v) is 2.96. The third-order valence-corrected chi connectivity index (χ3v) is 4.22. The summed E-state index contributed by atoms with van der Waals surface area (Å²) < 4.78 is 10.6. The van der Waals surface area contributed by atoms with E-state index in [0.29, 0.717) is 18.6 Å². The minimum atomic E-state index is -1.04. The minimum absolute atomic E-state index is 0.147. The van der Waals surface area contributed by atoms with E-state index in [4.69, 9.17) is 15.2 Å². The summed E-state index contributed by atoms with van der Waals surface area (Å²) in [5.74, 6) is -1.56. The molecule has 0 radical (unpaired) electrons. The first-order valence-corrected chi connectivity index (χ1v) is 10.2. The second-order valence-corrected chi connectivity index (χ2v) is 8.66. The first-order chi connectivity index (χ1) is 11.9. The van der Waals surface area contributed by atoms with E-state index in [1.807, 2.05) is 20.1 Å². The molecule has 0 aromatic heterocycles. The fraction of sp³-hybridized carbons (Fsp3) is 0.833. The maximum Gasteiger partial charge on any atom is 0.329 e. The van der Waals surface area contributed by atoms with Crippen molar-refractivity contribution in [1.29, 1.82) is 0 Å². The molecule has 0 fully saturated rings. The molecule has 0 aliphatic rings. The van der Waals surface area contributed by atoms with Gasteiger partial charge in [-0.1, -0.05) is 13.8 Å². The van der Waals surface area contributed by atoms with Gasteiger partial charge in [0.2, 0.25) is 11.8 Å². The van der Waals surface area contributed by atoms with Crippen LogP contribution in [0.5, 0.6) is 0 Å². The van der Waals surface area contributed by atoms with Gasteiger partial charge in [0.05, 0.1) is 5.92 Å². The molecule has 3 atom stereocenters. The molecule has 7 nitrogen and oxygen atoms in total. The van der Waals surface area contributed by atoms with Gasteiger partial charge in [0.1, 0.15) is 17.7 Å². The largest absolute Gasteiger partial charge is 0.458 e. The van der Waals surface area contributed by atoms with Gasteiger partial charge in [-0.05, 0) is 51.5 Å². The van der Waals surface area contributed by atoms with Crippen LogP contribution in [0.4, 0.5) is 0 Å². The van der Waals surface area contributed by atoms with E-state index < -0.39 is 41.4 Å². The highest BCUT2D eigenvalue weighted by Gasteiger charge is 2.36. The molecule has 0 aromatic rings. The van der Waals surface area contributed by atoms with Crippen LogP contribution in [-0.2, 0) is 23.9 Å². The highest BCUT2D eigenvalue weighted by atomic mass is 32.2. The van der Waals surface area contributed by atoms with Crippen molar-refractivity contribution in [3.05, 3.63) is 0 Å². The lowest BCUT2D eigenvalue weighted by atomic mass is 9.90. The van der Waals surface area contributed by atoms with Gasteiger partial charge in [0.25, 0.3) is 0 Å². The van der Waals surface area contributed by atoms with Gasteiger partial charge in [-0.2, -0.15) is 11.8 Å². The van der Waals surface area contributed by atoms with Crippen LogP contribution in [0.25, 0.3) is 0 Å². The molecule has 8 heteroatoms. The first-order valence-electron chi connectivity index (χ1n) is 8.77. The summed E-state index contributed by atoms with van der Waals surface area (Å²) in [7, 11) is 1.34. The van der Waals surface area contributed by atoms with Gasteiger partial charge in [0.15, 0.2) is 0 Å². The van der Waals surface area contributed by atoms with Crippen LogP contribution in [0.2, 0.25) is 0 Å². The molecule has 0 heterocycles. The van der Waals surface area contributed by atoms with Crippen LogP contribution in [0.1, 0.15) is 47.5 Å². The number of carbonyl (C=O) groups excluding carboxylic acids is 3. The van der Waals surface area contributed by atoms with Crippen molar-refractivity contribution in [3.8, 4) is 0 Å². The number of hydrogen-bond donors (Lipinski definition) is 2. The number of rotatable bonds is 11. The normalized spacial score (nSPS) is 15.2. The Kier molecular flexibility index (Phi) is 10.9. The zero-order valence-corrected chi connectivity index (χ0v) is 17.8. The molecular formula is C18H34N2O5S. The van der Waals surface area contributed by atoms with Crippen LogP contribution >= 0.6 is 11.8 Å². The molecule has 0 rings (SSSR count). The number of methoxy groups -OCH3 is 1. The number of esters is 1. The summed E-state index contributed by atoms with van der Waals surface area (Å²) >= 11 is 1.57. The highest BCUT2D eigenvalue weighted by molar-refractivity contribution is 7.98. The van der Waals surface area contributed by atoms with Crippen molar-refractivity contribution in [2.75, 3.05) is 19.1 Å². The van der Waals surface area contributed by atoms with E-state index >= 15 is 0 Å². The molecule has 26 heavy (non-hydrogen) atoms. The number of thioether (sulfide) groups is 1. The van der Waals surface area contributed by atoms with Crippen molar-refractivity contribution in [1.82, 2.24) is 5.32 Å². The van der Waals surface area contributed by atoms with Crippen molar-refractivity contribution in [3.63, 3.8) is 0 Å². The second-order valence-electron chi connectivity index (χ2n) is 7.67. The number of nitrogens with one attached hydrogen (secondary N) is 1. The van der Waals surface area contributed by atoms with Gasteiger partial charge in [-0.25, -0.2) is 4.79 Å². The maximum absolute atomic E-state index is 12.8. The summed E-state index contributed by atoms with van der Waals surface area (Å²) in [5.41, 5.74) is 4.72. The molecular weight excluding hydrogens is 356 g/mol. The lowest BCUT2D eigenvalue weighted by molar-refractivity contribution is -0.159. The summed E-state index contributed by atoms with van der Waals surface area (Å²) in [6.07, 6.45) is 1.72. The Hall–Kier alpha value is -1.28. The van der Waals surface area contributed by atoms with Crippen molar-refractivity contribution in [2.45, 2.75) is 65.2 Å². The van der Waals surface area contributed by atoms with Gasteiger partial charge in [-0.15, -0.1) is 0 Å². The average Bonchev–Trinajstić information content (AvgIpc) is 2.48. The number of hydrogen-bond acceptors (Lipinski definition) is 6. The Balaban J connectivity index is 5.36. The molecule has 0 aliphatic heterocycles. The molecule has 152 valence electrons. The van der Waals surface area contributed by atoms with E-state index in [1.54, 1.807) is 32.5 Å². The first kappa shape index (κ1) is 24.7. The summed E-state index contributed by atoms with van der Waals surface area (Å²) in [4.78, 5) is 36.9. The third kappa shape index (κ3) is 9.43. The van der Waals surface area contributed by atoms with Crippen LogP contribution in [0.3, 0.4) is 0 Å². The Labute approximate surface area is 161 Å². The van der Waals surface area contributed by atoms with Gasteiger partial charge in [-0.3, -0.25) is 9.59 Å².